The predicted octanol–water partition coefficient (Wildman–Crippen LogP) is 2.32. The highest BCUT2D eigenvalue weighted by Gasteiger charge is 2.35. The van der Waals surface area contributed by atoms with E-state index in [4.69, 9.17) is 0 Å². The van der Waals surface area contributed by atoms with Gasteiger partial charge in [0, 0.05) is 61.0 Å². The lowest BCUT2D eigenvalue weighted by molar-refractivity contribution is -0.136. The van der Waals surface area contributed by atoms with Crippen LogP contribution in [-0.2, 0) is 14.4 Å². The largest absolute Gasteiger partial charge is 0.371 e. The molecule has 2 amide bonds. The number of hydrogen-bond acceptors (Lipinski definition) is 6. The van der Waals surface area contributed by atoms with Crippen molar-refractivity contribution in [2.24, 2.45) is 17.8 Å². The zero-order chi connectivity index (χ0) is 21.3. The minimum atomic E-state index is -0.387. The number of carbonyl (C=O) groups is 5. The zero-order valence-corrected chi connectivity index (χ0v) is 16.9. The van der Waals surface area contributed by atoms with Gasteiger partial charge in [-0.2, -0.15) is 0 Å². The minimum absolute atomic E-state index is 0.0380. The van der Waals surface area contributed by atoms with Crippen molar-refractivity contribution in [3.05, 3.63) is 29.3 Å². The summed E-state index contributed by atoms with van der Waals surface area (Å²) in [5.41, 5.74) is 1.84. The summed E-state index contributed by atoms with van der Waals surface area (Å²) in [6.45, 7) is 1.71. The molecule has 3 aliphatic rings. The van der Waals surface area contributed by atoms with Gasteiger partial charge in [0.15, 0.2) is 11.6 Å². The summed E-state index contributed by atoms with van der Waals surface area (Å²) in [6, 6.07) is 5.45. The SMILES string of the molecule is O=CCCC1CN(c2ccc3c(c2)C(=O)CCC(CC2CCC(=O)NC2=O)C3=O)C1. The van der Waals surface area contributed by atoms with Crippen LogP contribution >= 0.6 is 0 Å². The van der Waals surface area contributed by atoms with E-state index in [9.17, 15) is 24.0 Å². The quantitative estimate of drug-likeness (QED) is 0.439. The standard InChI is InChI=1S/C23H26N2O5/c26-9-1-2-14-12-25(13-14)17-5-6-18-19(11-17)20(27)7-3-15(22(18)29)10-16-4-8-21(28)24-23(16)30/h5-6,9,11,14-16H,1-4,7-8,10,12-13H2,(H,24,28,30). The highest BCUT2D eigenvalue weighted by molar-refractivity contribution is 6.12. The summed E-state index contributed by atoms with van der Waals surface area (Å²) in [7, 11) is 0. The first-order chi connectivity index (χ1) is 14.5. The number of imide groups is 1. The van der Waals surface area contributed by atoms with Gasteiger partial charge in [0.2, 0.25) is 11.8 Å². The number of nitrogens with zero attached hydrogens (tertiary/aromatic N) is 1. The Hall–Kier alpha value is -2.83. The summed E-state index contributed by atoms with van der Waals surface area (Å²) in [4.78, 5) is 62.1. The molecule has 0 bridgehead atoms. The highest BCUT2D eigenvalue weighted by atomic mass is 16.2. The molecule has 4 rings (SSSR count). The molecule has 2 heterocycles. The van der Waals surface area contributed by atoms with Crippen molar-refractivity contribution >= 4 is 35.4 Å². The molecule has 1 aromatic rings. The van der Waals surface area contributed by atoms with Crippen LogP contribution in [0.5, 0.6) is 0 Å². The first kappa shape index (κ1) is 20.4. The van der Waals surface area contributed by atoms with E-state index in [-0.39, 0.29) is 41.6 Å². The molecular formula is C23H26N2O5. The summed E-state index contributed by atoms with van der Waals surface area (Å²) in [5, 5.41) is 2.35. The smallest absolute Gasteiger partial charge is 0.229 e. The summed E-state index contributed by atoms with van der Waals surface area (Å²) in [5.74, 6) is -0.963. The van der Waals surface area contributed by atoms with Crippen molar-refractivity contribution in [1.82, 2.24) is 5.32 Å². The van der Waals surface area contributed by atoms with Crippen LogP contribution in [0.4, 0.5) is 5.69 Å². The number of rotatable bonds is 6. The normalized spacial score (nSPS) is 24.7. The van der Waals surface area contributed by atoms with Gasteiger partial charge in [-0.25, -0.2) is 0 Å². The highest BCUT2D eigenvalue weighted by Crippen LogP contribution is 2.34. The van der Waals surface area contributed by atoms with Gasteiger partial charge < -0.3 is 9.69 Å². The second kappa shape index (κ2) is 8.50. The van der Waals surface area contributed by atoms with Crippen molar-refractivity contribution in [3.63, 3.8) is 0 Å². The lowest BCUT2D eigenvalue weighted by Gasteiger charge is -2.41. The Morgan fingerprint density at radius 1 is 1.00 bits per heavy atom. The molecule has 7 heteroatoms. The van der Waals surface area contributed by atoms with Crippen LogP contribution in [0.2, 0.25) is 0 Å². The van der Waals surface area contributed by atoms with Crippen molar-refractivity contribution in [1.29, 1.82) is 0 Å². The van der Waals surface area contributed by atoms with Gasteiger partial charge in [-0.1, -0.05) is 0 Å². The molecule has 0 saturated carbocycles. The van der Waals surface area contributed by atoms with Gasteiger partial charge in [-0.3, -0.25) is 24.5 Å². The lowest BCUT2D eigenvalue weighted by atomic mass is 9.83. The van der Waals surface area contributed by atoms with Crippen molar-refractivity contribution in [2.45, 2.75) is 44.9 Å². The third-order valence-corrected chi connectivity index (χ3v) is 6.60. The number of Topliss-reactive ketones (excluding diaryl/α,β-unsaturated/α-hetero) is 2. The van der Waals surface area contributed by atoms with Crippen LogP contribution in [0, 0.1) is 17.8 Å². The van der Waals surface area contributed by atoms with E-state index >= 15 is 0 Å². The fraction of sp³-hybridized carbons (Fsp3) is 0.522. The number of piperidine rings is 1. The van der Waals surface area contributed by atoms with Crippen LogP contribution in [0.1, 0.15) is 65.7 Å². The minimum Gasteiger partial charge on any atom is -0.371 e. The van der Waals surface area contributed by atoms with E-state index in [1.165, 1.54) is 0 Å². The molecule has 1 aromatic carbocycles. The number of fused-ring (bicyclic) bond motifs is 1. The summed E-state index contributed by atoms with van der Waals surface area (Å²) < 4.78 is 0. The fourth-order valence-corrected chi connectivity index (χ4v) is 4.76. The number of benzene rings is 1. The van der Waals surface area contributed by atoms with Gasteiger partial charge in [-0.05, 0) is 49.8 Å². The third-order valence-electron chi connectivity index (χ3n) is 6.60. The third kappa shape index (κ3) is 4.06. The molecule has 30 heavy (non-hydrogen) atoms. The molecular weight excluding hydrogens is 384 g/mol. The number of aldehydes is 1. The average molecular weight is 410 g/mol. The molecule has 0 spiro atoms. The average Bonchev–Trinajstić information content (AvgIpc) is 2.81. The van der Waals surface area contributed by atoms with Crippen molar-refractivity contribution in [2.75, 3.05) is 18.0 Å². The molecule has 0 aromatic heterocycles. The molecule has 2 fully saturated rings. The topological polar surface area (TPSA) is 101 Å². The van der Waals surface area contributed by atoms with E-state index in [1.54, 1.807) is 6.07 Å². The van der Waals surface area contributed by atoms with Gasteiger partial charge >= 0.3 is 0 Å². The molecule has 1 aliphatic carbocycles. The Morgan fingerprint density at radius 2 is 1.77 bits per heavy atom. The van der Waals surface area contributed by atoms with E-state index < -0.39 is 0 Å². The van der Waals surface area contributed by atoms with Crippen LogP contribution in [0.3, 0.4) is 0 Å². The molecule has 7 nitrogen and oxygen atoms in total. The molecule has 0 radical (unpaired) electrons. The van der Waals surface area contributed by atoms with Gasteiger partial charge in [0.1, 0.15) is 6.29 Å². The maximum atomic E-state index is 13.2. The van der Waals surface area contributed by atoms with E-state index in [0.29, 0.717) is 49.1 Å². The Balaban J connectivity index is 1.47. The van der Waals surface area contributed by atoms with Crippen molar-refractivity contribution in [3.8, 4) is 0 Å². The predicted molar refractivity (Wildman–Crippen MR) is 109 cm³/mol. The number of amides is 2. The van der Waals surface area contributed by atoms with Gasteiger partial charge in [-0.15, -0.1) is 0 Å². The monoisotopic (exact) mass is 410 g/mol. The maximum Gasteiger partial charge on any atom is 0.229 e. The second-order valence-electron chi connectivity index (χ2n) is 8.65. The summed E-state index contributed by atoms with van der Waals surface area (Å²) >= 11 is 0. The number of carbonyl (C=O) groups excluding carboxylic acids is 5. The molecule has 2 saturated heterocycles. The van der Waals surface area contributed by atoms with Crippen LogP contribution < -0.4 is 10.2 Å². The van der Waals surface area contributed by atoms with E-state index in [0.717, 1.165) is 31.5 Å². The number of hydrogen-bond donors (Lipinski definition) is 1. The molecule has 2 atom stereocenters. The summed E-state index contributed by atoms with van der Waals surface area (Å²) in [6.07, 6.45) is 4.22. The first-order valence-electron chi connectivity index (χ1n) is 10.7. The molecule has 1 N–H and O–H groups in total. The fourth-order valence-electron chi connectivity index (χ4n) is 4.76. The maximum absolute atomic E-state index is 13.2. The Bertz CT molecular complexity index is 903. The Labute approximate surface area is 175 Å². The van der Waals surface area contributed by atoms with E-state index in [1.807, 2.05) is 12.1 Å². The molecule has 158 valence electrons. The Kier molecular flexibility index (Phi) is 5.79. The first-order valence-corrected chi connectivity index (χ1v) is 10.7. The van der Waals surface area contributed by atoms with Crippen molar-refractivity contribution < 1.29 is 24.0 Å². The van der Waals surface area contributed by atoms with Crippen LogP contribution in [-0.4, -0.2) is 42.8 Å². The number of ketones is 2. The van der Waals surface area contributed by atoms with Crippen LogP contribution in [0.15, 0.2) is 18.2 Å². The van der Waals surface area contributed by atoms with E-state index in [2.05, 4.69) is 10.2 Å². The zero-order valence-electron chi connectivity index (χ0n) is 16.9. The lowest BCUT2D eigenvalue weighted by Crippen LogP contribution is -2.46. The number of nitrogens with one attached hydrogen (secondary N) is 1. The second-order valence-corrected chi connectivity index (χ2v) is 8.65. The van der Waals surface area contributed by atoms with Gasteiger partial charge in [0.05, 0.1) is 0 Å². The molecule has 2 unspecified atom stereocenters. The number of anilines is 1. The Morgan fingerprint density at radius 3 is 2.50 bits per heavy atom. The van der Waals surface area contributed by atoms with Crippen LogP contribution in [0.25, 0.3) is 0 Å². The van der Waals surface area contributed by atoms with Gasteiger partial charge in [0.25, 0.3) is 0 Å². The molecule has 2 aliphatic heterocycles.